The summed E-state index contributed by atoms with van der Waals surface area (Å²) in [5.41, 5.74) is 0.199. The summed E-state index contributed by atoms with van der Waals surface area (Å²) in [4.78, 5) is 7.02. The summed E-state index contributed by atoms with van der Waals surface area (Å²) in [7, 11) is 0. The third-order valence-corrected chi connectivity index (χ3v) is 3.31. The Bertz CT molecular complexity index is 138. The molecule has 1 heteroatoms. The van der Waals surface area contributed by atoms with Crippen LogP contribution in [0.4, 0.5) is 0 Å². The molecule has 0 bridgehead atoms. The maximum atomic E-state index is 3.42. The Morgan fingerprint density at radius 2 is 1.40 bits per heavy atom. The van der Waals surface area contributed by atoms with Gasteiger partial charge in [-0.15, -0.1) is 0 Å². The van der Waals surface area contributed by atoms with Gasteiger partial charge in [-0.25, -0.2) is 0 Å². The van der Waals surface area contributed by atoms with Crippen LogP contribution >= 0.6 is 0 Å². The third kappa shape index (κ3) is 8.36. The van der Waals surface area contributed by atoms with Crippen molar-refractivity contribution in [3.63, 3.8) is 0 Å². The fourth-order valence-corrected chi connectivity index (χ4v) is 2.52. The van der Waals surface area contributed by atoms with E-state index in [4.69, 9.17) is 0 Å². The molecule has 0 atom stereocenters. The Balaban J connectivity index is 4.19. The van der Waals surface area contributed by atoms with Gasteiger partial charge < -0.3 is 0 Å². The van der Waals surface area contributed by atoms with Crippen molar-refractivity contribution in [3.05, 3.63) is 0 Å². The van der Waals surface area contributed by atoms with Crippen molar-refractivity contribution in [3.8, 4) is 9.86 Å². The molecule has 0 aromatic heterocycles. The predicted octanol–water partition coefficient (Wildman–Crippen LogP) is 2.91. The average molecular weight is 245 g/mol. The van der Waals surface area contributed by atoms with E-state index in [0.717, 1.165) is 0 Å². The zero-order chi connectivity index (χ0) is 8.41. The van der Waals surface area contributed by atoms with E-state index in [-0.39, 0.29) is 5.41 Å². The average Bonchev–Trinajstić information content (AvgIpc) is 1.57. The standard InChI is InChI=1S/C6H9.3CH3.Sn/c1-5-6(2,3)4;;;;/h2-4H3;3*1H3;. The van der Waals surface area contributed by atoms with E-state index in [1.165, 1.54) is 0 Å². The first-order chi connectivity index (χ1) is 4.21. The molecule has 0 radical (unpaired) electrons. The predicted molar refractivity (Wildman–Crippen MR) is 50.6 cm³/mol. The van der Waals surface area contributed by atoms with E-state index in [1.807, 2.05) is 0 Å². The Morgan fingerprint density at radius 1 is 1.00 bits per heavy atom. The molecular weight excluding hydrogens is 227 g/mol. The second-order valence-electron chi connectivity index (χ2n) is 4.75. The molecule has 58 valence electrons. The summed E-state index contributed by atoms with van der Waals surface area (Å²) < 4.78 is 3.42. The van der Waals surface area contributed by atoms with Crippen molar-refractivity contribution in [2.45, 2.75) is 35.6 Å². The first kappa shape index (κ1) is 10.4. The minimum atomic E-state index is -1.78. The monoisotopic (exact) mass is 246 g/mol. The van der Waals surface area contributed by atoms with Crippen LogP contribution in [0.2, 0.25) is 14.8 Å². The number of hydrogen-bond donors (Lipinski definition) is 0. The van der Waals surface area contributed by atoms with Crippen LogP contribution < -0.4 is 0 Å². The molecule has 0 saturated carbocycles. The van der Waals surface area contributed by atoms with E-state index in [1.54, 1.807) is 0 Å². The number of hydrogen-bond acceptors (Lipinski definition) is 0. The van der Waals surface area contributed by atoms with Gasteiger partial charge in [-0.1, -0.05) is 0 Å². The van der Waals surface area contributed by atoms with Gasteiger partial charge in [-0.05, 0) is 0 Å². The Morgan fingerprint density at radius 3 is 1.50 bits per heavy atom. The van der Waals surface area contributed by atoms with E-state index in [0.29, 0.717) is 0 Å². The molecule has 0 aliphatic carbocycles. The molecule has 0 rings (SSSR count). The van der Waals surface area contributed by atoms with Crippen molar-refractivity contribution >= 4 is 18.4 Å². The molecule has 0 nitrogen and oxygen atoms in total. The van der Waals surface area contributed by atoms with Crippen LogP contribution in [-0.4, -0.2) is 18.4 Å². The first-order valence-electron chi connectivity index (χ1n) is 3.75. The van der Waals surface area contributed by atoms with Crippen LogP contribution in [0.15, 0.2) is 0 Å². The zero-order valence-electron chi connectivity index (χ0n) is 8.00. The molecule has 0 N–H and O–H groups in total. The van der Waals surface area contributed by atoms with Gasteiger partial charge in [0.15, 0.2) is 0 Å². The van der Waals surface area contributed by atoms with E-state index < -0.39 is 18.4 Å². The third-order valence-electron chi connectivity index (χ3n) is 0.812. The molecule has 0 heterocycles. The molecule has 0 aromatic rings. The van der Waals surface area contributed by atoms with Crippen molar-refractivity contribution in [2.24, 2.45) is 5.41 Å². The Labute approximate surface area is 69.3 Å². The second-order valence-corrected chi connectivity index (χ2v) is 18.3. The molecule has 0 spiro atoms. The number of rotatable bonds is 0. The summed E-state index contributed by atoms with van der Waals surface area (Å²) in [5.74, 6) is 3.31. The second kappa shape index (κ2) is 3.17. The maximum absolute atomic E-state index is 3.42. The normalized spacial score (nSPS) is 12.2. The molecule has 0 aromatic carbocycles. The molecule has 10 heavy (non-hydrogen) atoms. The van der Waals surface area contributed by atoms with Crippen molar-refractivity contribution in [1.82, 2.24) is 0 Å². The van der Waals surface area contributed by atoms with Crippen LogP contribution in [-0.2, 0) is 0 Å². The van der Waals surface area contributed by atoms with Gasteiger partial charge in [0.25, 0.3) is 0 Å². The van der Waals surface area contributed by atoms with Crippen molar-refractivity contribution < 1.29 is 0 Å². The van der Waals surface area contributed by atoms with Gasteiger partial charge in [-0.3, -0.25) is 0 Å². The molecule has 0 amide bonds. The summed E-state index contributed by atoms with van der Waals surface area (Å²) in [6.07, 6.45) is 0. The van der Waals surface area contributed by atoms with E-state index in [9.17, 15) is 0 Å². The van der Waals surface area contributed by atoms with Crippen LogP contribution in [0.1, 0.15) is 20.8 Å². The van der Waals surface area contributed by atoms with Gasteiger partial charge in [0, 0.05) is 0 Å². The quantitative estimate of drug-likeness (QED) is 0.454. The summed E-state index contributed by atoms with van der Waals surface area (Å²) in [6, 6.07) is 0. The fraction of sp³-hybridized carbons (Fsp3) is 0.778. The van der Waals surface area contributed by atoms with Crippen LogP contribution in [0, 0.1) is 15.3 Å². The topological polar surface area (TPSA) is 0 Å². The van der Waals surface area contributed by atoms with Gasteiger partial charge in [0.1, 0.15) is 0 Å². The summed E-state index contributed by atoms with van der Waals surface area (Å²) >= 11 is -1.78. The van der Waals surface area contributed by atoms with Crippen molar-refractivity contribution in [1.29, 1.82) is 0 Å². The van der Waals surface area contributed by atoms with Crippen LogP contribution in [0.25, 0.3) is 0 Å². The van der Waals surface area contributed by atoms with Gasteiger partial charge in [0.2, 0.25) is 0 Å². The van der Waals surface area contributed by atoms with Crippen molar-refractivity contribution in [2.75, 3.05) is 0 Å². The van der Waals surface area contributed by atoms with Crippen LogP contribution in [0.3, 0.4) is 0 Å². The van der Waals surface area contributed by atoms with Gasteiger partial charge in [-0.2, -0.15) is 0 Å². The van der Waals surface area contributed by atoms with E-state index >= 15 is 0 Å². The molecule has 0 aliphatic rings. The SMILES string of the molecule is CC(C)(C)C#[C][Sn]([CH3])([CH3])[CH3]. The minimum absolute atomic E-state index is 0.199. The molecule has 0 saturated heterocycles. The molecular formula is C9H18Sn. The Kier molecular flexibility index (Phi) is 3.29. The molecule has 0 aliphatic heterocycles. The van der Waals surface area contributed by atoms with Crippen LogP contribution in [0.5, 0.6) is 0 Å². The van der Waals surface area contributed by atoms with E-state index in [2.05, 4.69) is 45.4 Å². The summed E-state index contributed by atoms with van der Waals surface area (Å²) in [5, 5.41) is 0. The zero-order valence-corrected chi connectivity index (χ0v) is 10.9. The first-order valence-corrected chi connectivity index (χ1v) is 13.7. The molecule has 0 unspecified atom stereocenters. The van der Waals surface area contributed by atoms with Gasteiger partial charge >= 0.3 is 69.2 Å². The van der Waals surface area contributed by atoms with Gasteiger partial charge in [0.05, 0.1) is 0 Å². The Hall–Kier alpha value is 0.359. The molecule has 0 fully saturated rings. The fourth-order valence-electron chi connectivity index (χ4n) is 0.375. The summed E-state index contributed by atoms with van der Waals surface area (Å²) in [6.45, 7) is 6.49.